The SMILES string of the molecule is Cc1nn(C)c(C)c1CN1CCCNCC1. The van der Waals surface area contributed by atoms with Crippen LogP contribution >= 0.6 is 0 Å². The Morgan fingerprint density at radius 1 is 1.25 bits per heavy atom. The van der Waals surface area contributed by atoms with Crippen LogP contribution in [-0.2, 0) is 13.6 Å². The van der Waals surface area contributed by atoms with E-state index in [1.165, 1.54) is 29.9 Å². The standard InChI is InChI=1S/C12H22N4/c1-10-12(11(2)15(3)14-10)9-16-7-4-5-13-6-8-16/h13H,4-9H2,1-3H3. The molecule has 0 aromatic carbocycles. The lowest BCUT2D eigenvalue weighted by molar-refractivity contribution is 0.283. The van der Waals surface area contributed by atoms with Crippen molar-refractivity contribution in [1.29, 1.82) is 0 Å². The van der Waals surface area contributed by atoms with Crippen molar-refractivity contribution in [2.24, 2.45) is 7.05 Å². The molecule has 16 heavy (non-hydrogen) atoms. The number of hydrogen-bond donors (Lipinski definition) is 1. The molecule has 2 heterocycles. The molecule has 4 nitrogen and oxygen atoms in total. The molecule has 90 valence electrons. The molecule has 4 heteroatoms. The van der Waals surface area contributed by atoms with Gasteiger partial charge < -0.3 is 5.32 Å². The molecule has 1 N–H and O–H groups in total. The maximum Gasteiger partial charge on any atom is 0.0641 e. The summed E-state index contributed by atoms with van der Waals surface area (Å²) in [5.74, 6) is 0. The monoisotopic (exact) mass is 222 g/mol. The van der Waals surface area contributed by atoms with E-state index in [-0.39, 0.29) is 0 Å². The Morgan fingerprint density at radius 3 is 2.75 bits per heavy atom. The molecule has 0 bridgehead atoms. The number of nitrogens with one attached hydrogen (secondary N) is 1. The fraction of sp³-hybridized carbons (Fsp3) is 0.750. The third-order valence-electron chi connectivity index (χ3n) is 3.47. The molecule has 1 aromatic heterocycles. The number of hydrogen-bond acceptors (Lipinski definition) is 3. The second-order valence-electron chi connectivity index (χ2n) is 4.65. The van der Waals surface area contributed by atoms with Crippen LogP contribution in [0.15, 0.2) is 0 Å². The van der Waals surface area contributed by atoms with Gasteiger partial charge in [0.2, 0.25) is 0 Å². The van der Waals surface area contributed by atoms with Gasteiger partial charge in [-0.25, -0.2) is 0 Å². The molecule has 1 aliphatic heterocycles. The quantitative estimate of drug-likeness (QED) is 0.804. The first kappa shape index (κ1) is 11.6. The van der Waals surface area contributed by atoms with Crippen LogP contribution in [-0.4, -0.2) is 40.9 Å². The van der Waals surface area contributed by atoms with E-state index in [1.807, 2.05) is 11.7 Å². The summed E-state index contributed by atoms with van der Waals surface area (Å²) in [5, 5.41) is 7.91. The van der Waals surface area contributed by atoms with Gasteiger partial charge >= 0.3 is 0 Å². The Morgan fingerprint density at radius 2 is 2.06 bits per heavy atom. The summed E-state index contributed by atoms with van der Waals surface area (Å²) in [5.41, 5.74) is 3.89. The van der Waals surface area contributed by atoms with Gasteiger partial charge in [0.25, 0.3) is 0 Å². The summed E-state index contributed by atoms with van der Waals surface area (Å²) in [6.07, 6.45) is 1.25. The van der Waals surface area contributed by atoms with Crippen LogP contribution in [0.4, 0.5) is 0 Å². The minimum atomic E-state index is 1.05. The minimum absolute atomic E-state index is 1.05. The molecule has 0 saturated carbocycles. The lowest BCUT2D eigenvalue weighted by Crippen LogP contribution is -2.28. The van der Waals surface area contributed by atoms with Crippen molar-refractivity contribution >= 4 is 0 Å². The lowest BCUT2D eigenvalue weighted by atomic mass is 10.2. The normalized spacial score (nSPS) is 18.7. The van der Waals surface area contributed by atoms with Crippen molar-refractivity contribution in [3.63, 3.8) is 0 Å². The molecule has 1 aliphatic rings. The van der Waals surface area contributed by atoms with Crippen LogP contribution < -0.4 is 5.32 Å². The summed E-state index contributed by atoms with van der Waals surface area (Å²) in [7, 11) is 2.02. The highest BCUT2D eigenvalue weighted by Gasteiger charge is 2.14. The number of aromatic nitrogens is 2. The van der Waals surface area contributed by atoms with Gasteiger partial charge in [0, 0.05) is 37.9 Å². The molecule has 0 unspecified atom stereocenters. The number of rotatable bonds is 2. The van der Waals surface area contributed by atoms with Crippen LogP contribution in [0.2, 0.25) is 0 Å². The van der Waals surface area contributed by atoms with E-state index < -0.39 is 0 Å². The van der Waals surface area contributed by atoms with Crippen LogP contribution in [0.5, 0.6) is 0 Å². The van der Waals surface area contributed by atoms with Crippen LogP contribution in [0.25, 0.3) is 0 Å². The number of nitrogens with zero attached hydrogens (tertiary/aromatic N) is 3. The summed E-state index contributed by atoms with van der Waals surface area (Å²) in [6.45, 7) is 9.92. The second kappa shape index (κ2) is 4.97. The predicted octanol–water partition coefficient (Wildman–Crippen LogP) is 0.832. The average molecular weight is 222 g/mol. The molecule has 0 spiro atoms. The molecule has 1 aromatic rings. The lowest BCUT2D eigenvalue weighted by Gasteiger charge is -2.19. The van der Waals surface area contributed by atoms with Crippen molar-refractivity contribution in [1.82, 2.24) is 20.0 Å². The van der Waals surface area contributed by atoms with E-state index in [4.69, 9.17) is 0 Å². The molecular weight excluding hydrogens is 200 g/mol. The fourth-order valence-corrected chi connectivity index (χ4v) is 2.33. The average Bonchev–Trinajstić information content (AvgIpc) is 2.51. The molecule has 0 radical (unpaired) electrons. The van der Waals surface area contributed by atoms with Crippen molar-refractivity contribution in [2.45, 2.75) is 26.8 Å². The predicted molar refractivity (Wildman–Crippen MR) is 65.4 cm³/mol. The first-order valence-electron chi connectivity index (χ1n) is 6.10. The summed E-state index contributed by atoms with van der Waals surface area (Å²) < 4.78 is 1.99. The van der Waals surface area contributed by atoms with Gasteiger partial charge in [-0.05, 0) is 33.4 Å². The van der Waals surface area contributed by atoms with Crippen molar-refractivity contribution < 1.29 is 0 Å². The van der Waals surface area contributed by atoms with E-state index in [0.29, 0.717) is 0 Å². The Labute approximate surface area is 97.6 Å². The first-order chi connectivity index (χ1) is 7.68. The smallest absolute Gasteiger partial charge is 0.0641 e. The molecule has 1 saturated heterocycles. The highest BCUT2D eigenvalue weighted by Crippen LogP contribution is 2.15. The van der Waals surface area contributed by atoms with Crippen LogP contribution in [0, 0.1) is 13.8 Å². The Kier molecular flexibility index (Phi) is 3.61. The second-order valence-corrected chi connectivity index (χ2v) is 4.65. The van der Waals surface area contributed by atoms with Crippen molar-refractivity contribution in [3.8, 4) is 0 Å². The third-order valence-corrected chi connectivity index (χ3v) is 3.47. The maximum absolute atomic E-state index is 4.47. The summed E-state index contributed by atoms with van der Waals surface area (Å²) in [6, 6.07) is 0. The Balaban J connectivity index is 2.07. The van der Waals surface area contributed by atoms with Gasteiger partial charge in [-0.1, -0.05) is 0 Å². The Hall–Kier alpha value is -0.870. The van der Waals surface area contributed by atoms with E-state index in [1.54, 1.807) is 0 Å². The molecular formula is C12H22N4. The van der Waals surface area contributed by atoms with Crippen LogP contribution in [0.3, 0.4) is 0 Å². The van der Waals surface area contributed by atoms with E-state index in [2.05, 4.69) is 29.2 Å². The highest BCUT2D eigenvalue weighted by atomic mass is 15.3. The summed E-state index contributed by atoms with van der Waals surface area (Å²) in [4.78, 5) is 2.52. The van der Waals surface area contributed by atoms with Gasteiger partial charge in [-0.2, -0.15) is 5.10 Å². The Bertz CT molecular complexity index is 348. The van der Waals surface area contributed by atoms with E-state index >= 15 is 0 Å². The topological polar surface area (TPSA) is 33.1 Å². The highest BCUT2D eigenvalue weighted by molar-refractivity contribution is 5.24. The van der Waals surface area contributed by atoms with Gasteiger partial charge in [0.15, 0.2) is 0 Å². The largest absolute Gasteiger partial charge is 0.315 e. The van der Waals surface area contributed by atoms with E-state index in [0.717, 1.165) is 26.2 Å². The van der Waals surface area contributed by atoms with Gasteiger partial charge in [0.05, 0.1) is 5.69 Å². The summed E-state index contributed by atoms with van der Waals surface area (Å²) >= 11 is 0. The van der Waals surface area contributed by atoms with Gasteiger partial charge in [0.1, 0.15) is 0 Å². The fourth-order valence-electron chi connectivity index (χ4n) is 2.33. The van der Waals surface area contributed by atoms with Gasteiger partial charge in [-0.3, -0.25) is 9.58 Å². The van der Waals surface area contributed by atoms with Crippen molar-refractivity contribution in [3.05, 3.63) is 17.0 Å². The van der Waals surface area contributed by atoms with Crippen LogP contribution in [0.1, 0.15) is 23.4 Å². The first-order valence-corrected chi connectivity index (χ1v) is 6.10. The zero-order chi connectivity index (χ0) is 11.5. The molecule has 1 fully saturated rings. The molecule has 0 atom stereocenters. The maximum atomic E-state index is 4.47. The molecule has 0 amide bonds. The zero-order valence-corrected chi connectivity index (χ0v) is 10.6. The number of aryl methyl sites for hydroxylation is 2. The minimum Gasteiger partial charge on any atom is -0.315 e. The molecule has 2 rings (SSSR count). The van der Waals surface area contributed by atoms with E-state index in [9.17, 15) is 0 Å². The van der Waals surface area contributed by atoms with Gasteiger partial charge in [-0.15, -0.1) is 0 Å². The van der Waals surface area contributed by atoms with Crippen molar-refractivity contribution in [2.75, 3.05) is 26.2 Å². The zero-order valence-electron chi connectivity index (χ0n) is 10.6. The third kappa shape index (κ3) is 2.44. The molecule has 0 aliphatic carbocycles.